The van der Waals surface area contributed by atoms with Gasteiger partial charge in [-0.25, -0.2) is 4.98 Å². The molecular weight excluding hydrogens is 428 g/mol. The van der Waals surface area contributed by atoms with Gasteiger partial charge in [0.25, 0.3) is 0 Å². The van der Waals surface area contributed by atoms with E-state index in [-0.39, 0.29) is 5.41 Å². The van der Waals surface area contributed by atoms with Gasteiger partial charge >= 0.3 is 0 Å². The van der Waals surface area contributed by atoms with Crippen LogP contribution in [0.3, 0.4) is 0 Å². The van der Waals surface area contributed by atoms with Crippen molar-refractivity contribution in [3.05, 3.63) is 59.7 Å². The zero-order valence-electron chi connectivity index (χ0n) is 19.0. The van der Waals surface area contributed by atoms with Gasteiger partial charge < -0.3 is 9.72 Å². The first-order valence-electron chi connectivity index (χ1n) is 12.1. The zero-order chi connectivity index (χ0) is 22.4. The molecule has 7 rings (SSSR count). The number of thioether (sulfide) groups is 1. The Bertz CT molecular complexity index is 1160. The highest BCUT2D eigenvalue weighted by atomic mass is 32.2. The summed E-state index contributed by atoms with van der Waals surface area (Å²) in [5, 5.41) is 0.899. The van der Waals surface area contributed by atoms with Crippen molar-refractivity contribution in [2.75, 3.05) is 7.11 Å². The number of fused-ring (bicyclic) bond motifs is 1. The highest BCUT2D eigenvalue weighted by Gasteiger charge is 2.53. The minimum atomic E-state index is -0.0717. The number of nitrogens with one attached hydrogen (secondary N) is 1. The molecular formula is C28H30N2O2S. The Labute approximate surface area is 199 Å². The Balaban J connectivity index is 1.18. The Kier molecular flexibility index (Phi) is 5.33. The molecule has 4 nitrogen and oxygen atoms in total. The van der Waals surface area contributed by atoms with Gasteiger partial charge in [0.1, 0.15) is 5.75 Å². The number of imidazole rings is 1. The summed E-state index contributed by atoms with van der Waals surface area (Å²) in [6, 6.07) is 14.3. The van der Waals surface area contributed by atoms with E-state index in [9.17, 15) is 4.79 Å². The van der Waals surface area contributed by atoms with Gasteiger partial charge in [0.15, 0.2) is 10.9 Å². The molecule has 4 aliphatic carbocycles. The van der Waals surface area contributed by atoms with E-state index in [0.29, 0.717) is 5.78 Å². The minimum absolute atomic E-state index is 0.0717. The van der Waals surface area contributed by atoms with Crippen LogP contribution in [0.5, 0.6) is 5.75 Å². The molecule has 1 heterocycles. The lowest BCUT2D eigenvalue weighted by molar-refractivity contribution is -0.138. The summed E-state index contributed by atoms with van der Waals surface area (Å²) in [6.07, 6.45) is 11.3. The fourth-order valence-corrected chi connectivity index (χ4v) is 7.78. The summed E-state index contributed by atoms with van der Waals surface area (Å²) >= 11 is 1.66. The number of benzene rings is 2. The maximum absolute atomic E-state index is 13.3. The SMILES string of the molecule is COc1ccc(/C=C\C(=O)C23CC4CC(CC(C4)C2)C3)cc1CSc1nc2ccccc2[nH]1. The molecule has 1 N–H and O–H groups in total. The number of hydrogen-bond donors (Lipinski definition) is 1. The van der Waals surface area contributed by atoms with Crippen LogP contribution in [0, 0.1) is 23.2 Å². The first-order valence-corrected chi connectivity index (χ1v) is 13.1. The number of methoxy groups -OCH3 is 1. The van der Waals surface area contributed by atoms with Crippen LogP contribution in [0.2, 0.25) is 0 Å². The van der Waals surface area contributed by atoms with Crippen LogP contribution >= 0.6 is 11.8 Å². The van der Waals surface area contributed by atoms with Gasteiger partial charge in [0.2, 0.25) is 0 Å². The van der Waals surface area contributed by atoms with Crippen LogP contribution in [-0.4, -0.2) is 22.9 Å². The third kappa shape index (κ3) is 4.01. The predicted molar refractivity (Wildman–Crippen MR) is 133 cm³/mol. The Hall–Kier alpha value is -2.53. The second-order valence-corrected chi connectivity index (χ2v) is 11.3. The average Bonchev–Trinajstić information content (AvgIpc) is 3.23. The van der Waals surface area contributed by atoms with Crippen LogP contribution in [0.1, 0.15) is 49.7 Å². The maximum atomic E-state index is 13.3. The average molecular weight is 459 g/mol. The Morgan fingerprint density at radius 2 is 1.85 bits per heavy atom. The molecule has 3 aromatic rings. The molecule has 0 saturated heterocycles. The van der Waals surface area contributed by atoms with E-state index in [1.165, 1.54) is 19.3 Å². The van der Waals surface area contributed by atoms with Crippen molar-refractivity contribution in [3.63, 3.8) is 0 Å². The molecule has 5 heteroatoms. The van der Waals surface area contributed by atoms with E-state index in [1.54, 1.807) is 18.9 Å². The van der Waals surface area contributed by atoms with E-state index in [2.05, 4.69) is 16.0 Å². The number of aromatic nitrogens is 2. The number of para-hydroxylation sites is 2. The molecule has 4 fully saturated rings. The highest BCUT2D eigenvalue weighted by molar-refractivity contribution is 7.98. The zero-order valence-corrected chi connectivity index (χ0v) is 19.9. The van der Waals surface area contributed by atoms with Gasteiger partial charge in [-0.05, 0) is 92.2 Å². The van der Waals surface area contributed by atoms with E-state index in [4.69, 9.17) is 4.74 Å². The number of ether oxygens (including phenoxy) is 1. The van der Waals surface area contributed by atoms with E-state index >= 15 is 0 Å². The largest absolute Gasteiger partial charge is 0.496 e. The van der Waals surface area contributed by atoms with Crippen molar-refractivity contribution in [2.45, 2.75) is 49.4 Å². The quantitative estimate of drug-likeness (QED) is 0.318. The fourth-order valence-electron chi connectivity index (χ4n) is 6.92. The molecule has 4 saturated carbocycles. The Morgan fingerprint density at radius 1 is 1.12 bits per heavy atom. The van der Waals surface area contributed by atoms with Crippen LogP contribution in [-0.2, 0) is 10.5 Å². The summed E-state index contributed by atoms with van der Waals surface area (Å²) in [5.41, 5.74) is 4.11. The monoisotopic (exact) mass is 458 g/mol. The number of allylic oxidation sites excluding steroid dienone is 1. The molecule has 0 spiro atoms. The number of carbonyl (C=O) groups is 1. The standard InChI is InChI=1S/C28H30N2O2S/c1-32-25-8-6-18(13-22(25)17-33-27-29-23-4-2-3-5-24(23)30-27)7-9-26(31)28-14-19-10-20(15-28)12-21(11-19)16-28/h2-9,13,19-21H,10-12,14-17H2,1H3,(H,29,30)/b9-7-. The number of carbonyl (C=O) groups excluding carboxylic acids is 1. The molecule has 0 aliphatic heterocycles. The number of aromatic amines is 1. The third-order valence-electron chi connectivity index (χ3n) is 8.02. The van der Waals surface area contributed by atoms with Crippen LogP contribution < -0.4 is 4.74 Å². The second-order valence-electron chi connectivity index (χ2n) is 10.3. The highest BCUT2D eigenvalue weighted by Crippen LogP contribution is 2.60. The normalized spacial score (nSPS) is 28.1. The van der Waals surface area contributed by atoms with Crippen molar-refractivity contribution >= 4 is 34.7 Å². The molecule has 0 radical (unpaired) electrons. The van der Waals surface area contributed by atoms with E-state index in [1.807, 2.05) is 48.6 Å². The second kappa shape index (κ2) is 8.35. The van der Waals surface area contributed by atoms with Gasteiger partial charge in [-0.15, -0.1) is 0 Å². The van der Waals surface area contributed by atoms with Gasteiger partial charge in [0.05, 0.1) is 18.1 Å². The van der Waals surface area contributed by atoms with Gasteiger partial charge in [-0.3, -0.25) is 4.79 Å². The molecule has 1 aromatic heterocycles. The number of rotatable bonds is 7. The van der Waals surface area contributed by atoms with Gasteiger partial charge in [-0.1, -0.05) is 36.0 Å². The lowest BCUT2D eigenvalue weighted by Crippen LogP contribution is -2.49. The summed E-state index contributed by atoms with van der Waals surface area (Å²) < 4.78 is 5.60. The molecule has 0 atom stereocenters. The molecule has 2 aromatic carbocycles. The van der Waals surface area contributed by atoms with E-state index < -0.39 is 0 Å². The van der Waals surface area contributed by atoms with Crippen LogP contribution in [0.15, 0.2) is 53.7 Å². The molecule has 0 unspecified atom stereocenters. The summed E-state index contributed by atoms with van der Waals surface area (Å²) in [6.45, 7) is 0. The van der Waals surface area contributed by atoms with Crippen LogP contribution in [0.4, 0.5) is 0 Å². The summed E-state index contributed by atoms with van der Waals surface area (Å²) in [7, 11) is 1.71. The van der Waals surface area contributed by atoms with Gasteiger partial charge in [0, 0.05) is 16.7 Å². The molecule has 4 aliphatic rings. The van der Waals surface area contributed by atoms with E-state index in [0.717, 1.165) is 75.8 Å². The van der Waals surface area contributed by atoms with Crippen LogP contribution in [0.25, 0.3) is 17.1 Å². The van der Waals surface area contributed by atoms with Crippen molar-refractivity contribution in [3.8, 4) is 5.75 Å². The summed E-state index contributed by atoms with van der Waals surface area (Å²) in [5.74, 6) is 4.33. The first kappa shape index (κ1) is 21.0. The third-order valence-corrected chi connectivity index (χ3v) is 8.95. The smallest absolute Gasteiger partial charge is 0.166 e. The lowest BCUT2D eigenvalue weighted by Gasteiger charge is -2.55. The maximum Gasteiger partial charge on any atom is 0.166 e. The number of ketones is 1. The predicted octanol–water partition coefficient (Wildman–Crippen LogP) is 6.66. The molecule has 33 heavy (non-hydrogen) atoms. The Morgan fingerprint density at radius 3 is 2.55 bits per heavy atom. The number of nitrogens with zero attached hydrogens (tertiary/aromatic N) is 1. The topological polar surface area (TPSA) is 55.0 Å². The lowest BCUT2D eigenvalue weighted by atomic mass is 9.48. The van der Waals surface area contributed by atoms with Crippen molar-refractivity contribution in [1.82, 2.24) is 9.97 Å². The molecule has 0 amide bonds. The summed E-state index contributed by atoms with van der Waals surface area (Å²) in [4.78, 5) is 21.4. The van der Waals surface area contributed by atoms with Gasteiger partial charge in [-0.2, -0.15) is 0 Å². The van der Waals surface area contributed by atoms with Crippen molar-refractivity contribution < 1.29 is 9.53 Å². The fraction of sp³-hybridized carbons (Fsp3) is 0.429. The molecule has 170 valence electrons. The molecule has 4 bridgehead atoms. The van der Waals surface area contributed by atoms with Crippen molar-refractivity contribution in [2.24, 2.45) is 23.2 Å². The number of hydrogen-bond acceptors (Lipinski definition) is 4. The minimum Gasteiger partial charge on any atom is -0.496 e. The van der Waals surface area contributed by atoms with Crippen molar-refractivity contribution in [1.29, 1.82) is 0 Å². The number of H-pyrrole nitrogens is 1. The first-order chi connectivity index (χ1) is 16.1.